The average molecular weight is 283 g/mol. The summed E-state index contributed by atoms with van der Waals surface area (Å²) < 4.78 is 4.72. The second-order valence-corrected chi connectivity index (χ2v) is 4.47. The number of nitrogens with two attached hydrogens (primary N) is 1. The normalized spacial score (nSPS) is 10.2. The Kier molecular flexibility index (Phi) is 2.83. The largest absolute Gasteiger partial charge is 0.398 e. The fourth-order valence-corrected chi connectivity index (χ4v) is 2.03. The lowest BCUT2D eigenvalue weighted by atomic mass is 10.1. The first-order valence-corrected chi connectivity index (χ1v) is 5.81. The molecule has 0 atom stereocenters. The Labute approximate surface area is 99.2 Å². The van der Waals surface area contributed by atoms with E-state index in [9.17, 15) is 4.79 Å². The Morgan fingerprint density at radius 1 is 1.40 bits per heavy atom. The third-order valence-electron chi connectivity index (χ3n) is 1.93. The van der Waals surface area contributed by atoms with Crippen molar-refractivity contribution in [1.82, 2.24) is 4.37 Å². The van der Waals surface area contributed by atoms with Gasteiger partial charge in [0.15, 0.2) is 0 Å². The summed E-state index contributed by atoms with van der Waals surface area (Å²) in [5, 5.41) is 1.78. The second-order valence-electron chi connectivity index (χ2n) is 2.95. The molecular formula is C10H7BrN2OS. The van der Waals surface area contributed by atoms with E-state index in [1.807, 2.05) is 0 Å². The molecule has 0 radical (unpaired) electrons. The summed E-state index contributed by atoms with van der Waals surface area (Å²) in [6.07, 6.45) is 0. The van der Waals surface area contributed by atoms with Gasteiger partial charge in [-0.05, 0) is 51.7 Å². The molecule has 1 aromatic heterocycles. The molecule has 2 rings (SSSR count). The zero-order valence-electron chi connectivity index (χ0n) is 7.61. The molecule has 0 fully saturated rings. The zero-order chi connectivity index (χ0) is 10.8. The van der Waals surface area contributed by atoms with Crippen LogP contribution in [0.3, 0.4) is 0 Å². The van der Waals surface area contributed by atoms with Crippen molar-refractivity contribution in [2.45, 2.75) is 0 Å². The van der Waals surface area contributed by atoms with Gasteiger partial charge in [-0.2, -0.15) is 4.37 Å². The number of anilines is 1. The molecule has 2 aromatic rings. The summed E-state index contributed by atoms with van der Waals surface area (Å²) >= 11 is 4.55. The third-order valence-corrected chi connectivity index (χ3v) is 3.18. The van der Waals surface area contributed by atoms with Gasteiger partial charge in [0.05, 0.1) is 0 Å². The van der Waals surface area contributed by atoms with Gasteiger partial charge < -0.3 is 5.73 Å². The van der Waals surface area contributed by atoms with Crippen LogP contribution in [0.4, 0.5) is 5.69 Å². The summed E-state index contributed by atoms with van der Waals surface area (Å²) in [4.78, 5) is 11.9. The molecule has 3 nitrogen and oxygen atoms in total. The lowest BCUT2D eigenvalue weighted by Gasteiger charge is -2.01. The molecule has 1 aromatic carbocycles. The highest BCUT2D eigenvalue weighted by atomic mass is 79.9. The summed E-state index contributed by atoms with van der Waals surface area (Å²) in [5.74, 6) is -0.0862. The maximum absolute atomic E-state index is 11.9. The molecule has 0 amide bonds. The highest BCUT2D eigenvalue weighted by molar-refractivity contribution is 9.10. The smallest absolute Gasteiger partial charge is 0.212 e. The van der Waals surface area contributed by atoms with Gasteiger partial charge >= 0.3 is 0 Å². The van der Waals surface area contributed by atoms with Gasteiger partial charge in [-0.15, -0.1) is 0 Å². The predicted octanol–water partition coefficient (Wildman–Crippen LogP) is 2.72. The van der Waals surface area contributed by atoms with E-state index in [2.05, 4.69) is 20.3 Å². The number of carbonyl (C=O) groups excluding carboxylic acids is 1. The Balaban J connectivity index is 2.39. The molecule has 0 bridgehead atoms. The van der Waals surface area contributed by atoms with Crippen LogP contribution in [-0.4, -0.2) is 10.2 Å². The molecular weight excluding hydrogens is 276 g/mol. The summed E-state index contributed by atoms with van der Waals surface area (Å²) in [7, 11) is 0. The van der Waals surface area contributed by atoms with E-state index in [0.717, 1.165) is 4.47 Å². The van der Waals surface area contributed by atoms with E-state index in [4.69, 9.17) is 5.73 Å². The number of nitrogens with zero attached hydrogens (tertiary/aromatic N) is 1. The lowest BCUT2D eigenvalue weighted by Crippen LogP contribution is -2.01. The molecule has 0 saturated heterocycles. The van der Waals surface area contributed by atoms with E-state index in [1.54, 1.807) is 29.6 Å². The lowest BCUT2D eigenvalue weighted by molar-refractivity contribution is 0.103. The Morgan fingerprint density at radius 2 is 2.20 bits per heavy atom. The first-order chi connectivity index (χ1) is 7.18. The van der Waals surface area contributed by atoms with Crippen LogP contribution >= 0.6 is 27.5 Å². The number of carbonyl (C=O) groups is 1. The molecule has 5 heteroatoms. The van der Waals surface area contributed by atoms with Crippen LogP contribution in [0.25, 0.3) is 0 Å². The van der Waals surface area contributed by atoms with Crippen molar-refractivity contribution in [3.8, 4) is 0 Å². The van der Waals surface area contributed by atoms with Gasteiger partial charge in [0.25, 0.3) is 0 Å². The minimum absolute atomic E-state index is 0.0862. The standard InChI is InChI=1S/C10H7BrN2OS/c11-7-5-6(1-2-8(7)12)10(14)9-3-4-15-13-9/h1-5H,12H2. The molecule has 0 aliphatic rings. The van der Waals surface area contributed by atoms with Crippen molar-refractivity contribution < 1.29 is 4.79 Å². The van der Waals surface area contributed by atoms with E-state index in [0.29, 0.717) is 16.9 Å². The van der Waals surface area contributed by atoms with Crippen LogP contribution in [0.15, 0.2) is 34.1 Å². The van der Waals surface area contributed by atoms with Crippen molar-refractivity contribution in [1.29, 1.82) is 0 Å². The minimum Gasteiger partial charge on any atom is -0.398 e. The molecule has 76 valence electrons. The van der Waals surface area contributed by atoms with E-state index in [1.165, 1.54) is 11.5 Å². The molecule has 0 spiro atoms. The van der Waals surface area contributed by atoms with Crippen molar-refractivity contribution in [3.05, 3.63) is 45.4 Å². The van der Waals surface area contributed by atoms with Gasteiger partial charge in [-0.25, -0.2) is 0 Å². The van der Waals surface area contributed by atoms with E-state index >= 15 is 0 Å². The third kappa shape index (κ3) is 2.08. The first kappa shape index (κ1) is 10.3. The minimum atomic E-state index is -0.0862. The van der Waals surface area contributed by atoms with E-state index < -0.39 is 0 Å². The summed E-state index contributed by atoms with van der Waals surface area (Å²) in [6, 6.07) is 6.81. The molecule has 0 saturated carbocycles. The molecule has 2 N–H and O–H groups in total. The highest BCUT2D eigenvalue weighted by Gasteiger charge is 2.11. The van der Waals surface area contributed by atoms with Crippen LogP contribution < -0.4 is 5.73 Å². The number of halogens is 1. The first-order valence-electron chi connectivity index (χ1n) is 4.18. The average Bonchev–Trinajstić information content (AvgIpc) is 2.74. The topological polar surface area (TPSA) is 56.0 Å². The summed E-state index contributed by atoms with van der Waals surface area (Å²) in [5.41, 5.74) is 7.31. The molecule has 0 aliphatic heterocycles. The number of benzene rings is 1. The van der Waals surface area contributed by atoms with Gasteiger partial charge in [-0.1, -0.05) is 0 Å². The monoisotopic (exact) mass is 282 g/mol. The summed E-state index contributed by atoms with van der Waals surface area (Å²) in [6.45, 7) is 0. The molecule has 0 aliphatic carbocycles. The number of hydrogen-bond acceptors (Lipinski definition) is 4. The Morgan fingerprint density at radius 3 is 2.80 bits per heavy atom. The Hall–Kier alpha value is -1.20. The second kappa shape index (κ2) is 4.12. The fraction of sp³-hybridized carbons (Fsp3) is 0. The maximum atomic E-state index is 11.9. The zero-order valence-corrected chi connectivity index (χ0v) is 10.0. The van der Waals surface area contributed by atoms with Crippen molar-refractivity contribution in [2.75, 3.05) is 5.73 Å². The fourth-order valence-electron chi connectivity index (χ4n) is 1.15. The van der Waals surface area contributed by atoms with Crippen LogP contribution in [0.2, 0.25) is 0 Å². The molecule has 15 heavy (non-hydrogen) atoms. The van der Waals surface area contributed by atoms with Gasteiger partial charge in [0, 0.05) is 21.1 Å². The van der Waals surface area contributed by atoms with Gasteiger partial charge in [0.1, 0.15) is 5.69 Å². The van der Waals surface area contributed by atoms with Gasteiger partial charge in [0.2, 0.25) is 5.78 Å². The predicted molar refractivity (Wildman–Crippen MR) is 64.1 cm³/mol. The number of rotatable bonds is 2. The van der Waals surface area contributed by atoms with Crippen molar-refractivity contribution in [3.63, 3.8) is 0 Å². The highest BCUT2D eigenvalue weighted by Crippen LogP contribution is 2.21. The molecule has 0 unspecified atom stereocenters. The number of hydrogen-bond donors (Lipinski definition) is 1. The van der Waals surface area contributed by atoms with Crippen molar-refractivity contribution in [2.24, 2.45) is 0 Å². The van der Waals surface area contributed by atoms with Gasteiger partial charge in [-0.3, -0.25) is 4.79 Å². The van der Waals surface area contributed by atoms with Crippen LogP contribution in [0.5, 0.6) is 0 Å². The number of ketones is 1. The van der Waals surface area contributed by atoms with E-state index in [-0.39, 0.29) is 5.78 Å². The number of aromatic nitrogens is 1. The number of nitrogen functional groups attached to an aromatic ring is 1. The maximum Gasteiger partial charge on any atom is 0.212 e. The Bertz CT molecular complexity index is 496. The molecule has 1 heterocycles. The van der Waals surface area contributed by atoms with Crippen molar-refractivity contribution >= 4 is 38.9 Å². The van der Waals surface area contributed by atoms with Crippen LogP contribution in [0, 0.1) is 0 Å². The SMILES string of the molecule is Nc1ccc(C(=O)c2ccsn2)cc1Br. The van der Waals surface area contributed by atoms with Crippen LogP contribution in [-0.2, 0) is 0 Å². The quantitative estimate of drug-likeness (QED) is 0.681. The van der Waals surface area contributed by atoms with Crippen LogP contribution in [0.1, 0.15) is 16.1 Å².